The number of carbonyl (C=O) groups is 1. The van der Waals surface area contributed by atoms with Crippen molar-refractivity contribution in [2.75, 3.05) is 13.1 Å². The smallest absolute Gasteiger partial charge is 0.222 e. The first kappa shape index (κ1) is 15.8. The van der Waals surface area contributed by atoms with Gasteiger partial charge in [0.05, 0.1) is 5.69 Å². The van der Waals surface area contributed by atoms with Gasteiger partial charge in [-0.1, -0.05) is 0 Å². The number of nitrogens with zero attached hydrogens (tertiary/aromatic N) is 4. The number of amides is 1. The fourth-order valence-electron chi connectivity index (χ4n) is 3.35. The summed E-state index contributed by atoms with van der Waals surface area (Å²) in [5, 5.41) is 7.28. The van der Waals surface area contributed by atoms with Gasteiger partial charge in [0.1, 0.15) is 5.82 Å². The van der Waals surface area contributed by atoms with E-state index in [0.717, 1.165) is 43.1 Å². The molecule has 124 valence electrons. The minimum absolute atomic E-state index is 0.226. The Hall–Kier alpha value is -2.11. The number of hydrogen-bond donors (Lipinski definition) is 1. The lowest BCUT2D eigenvalue weighted by molar-refractivity contribution is -0.132. The maximum atomic E-state index is 12.6. The summed E-state index contributed by atoms with van der Waals surface area (Å²) >= 11 is 0. The zero-order valence-electron chi connectivity index (χ0n) is 14.2. The van der Waals surface area contributed by atoms with Crippen LogP contribution >= 0.6 is 0 Å². The average molecular weight is 315 g/mol. The summed E-state index contributed by atoms with van der Waals surface area (Å²) in [6.45, 7) is 5.70. The first-order chi connectivity index (χ1) is 11.1. The number of nitrogens with one attached hydrogen (secondary N) is 1. The van der Waals surface area contributed by atoms with Crippen molar-refractivity contribution in [1.29, 1.82) is 0 Å². The minimum atomic E-state index is 0.226. The van der Waals surface area contributed by atoms with Gasteiger partial charge in [0, 0.05) is 57.0 Å². The Balaban J connectivity index is 1.59. The van der Waals surface area contributed by atoms with Crippen molar-refractivity contribution in [2.24, 2.45) is 7.05 Å². The Morgan fingerprint density at radius 2 is 2.26 bits per heavy atom. The topological polar surface area (TPSA) is 66.8 Å². The molecule has 3 rings (SSSR count). The normalized spacial score (nSPS) is 18.4. The van der Waals surface area contributed by atoms with Gasteiger partial charge < -0.3 is 9.47 Å². The third-order valence-corrected chi connectivity index (χ3v) is 4.93. The van der Waals surface area contributed by atoms with Crippen LogP contribution < -0.4 is 0 Å². The number of H-pyrrole nitrogens is 1. The predicted octanol–water partition coefficient (Wildman–Crippen LogP) is 2.10. The maximum Gasteiger partial charge on any atom is 0.222 e. The van der Waals surface area contributed by atoms with E-state index in [2.05, 4.69) is 26.7 Å². The SMILES string of the molecule is Cc1[nH]nc(CCC(=O)N2CCC[C@@H](c3nccn3C)C2)c1C. The molecule has 0 spiro atoms. The Morgan fingerprint density at radius 1 is 1.43 bits per heavy atom. The fourth-order valence-corrected chi connectivity index (χ4v) is 3.35. The zero-order chi connectivity index (χ0) is 16.4. The molecule has 23 heavy (non-hydrogen) atoms. The van der Waals surface area contributed by atoms with E-state index < -0.39 is 0 Å². The van der Waals surface area contributed by atoms with Gasteiger partial charge in [-0.3, -0.25) is 9.89 Å². The van der Waals surface area contributed by atoms with E-state index >= 15 is 0 Å². The number of carbonyl (C=O) groups excluding carboxylic acids is 1. The van der Waals surface area contributed by atoms with Gasteiger partial charge in [0.25, 0.3) is 0 Å². The van der Waals surface area contributed by atoms with Crippen LogP contribution in [0.3, 0.4) is 0 Å². The molecule has 1 N–H and O–H groups in total. The highest BCUT2D eigenvalue weighted by Gasteiger charge is 2.26. The van der Waals surface area contributed by atoms with E-state index in [1.807, 2.05) is 31.3 Å². The Bertz CT molecular complexity index is 687. The monoisotopic (exact) mass is 315 g/mol. The molecule has 1 fully saturated rings. The lowest BCUT2D eigenvalue weighted by Gasteiger charge is -2.32. The van der Waals surface area contributed by atoms with Crippen molar-refractivity contribution in [1.82, 2.24) is 24.6 Å². The fraction of sp³-hybridized carbons (Fsp3) is 0.588. The quantitative estimate of drug-likeness (QED) is 0.939. The number of aromatic nitrogens is 4. The van der Waals surface area contributed by atoms with Crippen LogP contribution in [0.5, 0.6) is 0 Å². The third kappa shape index (κ3) is 3.30. The Morgan fingerprint density at radius 3 is 2.91 bits per heavy atom. The van der Waals surface area contributed by atoms with Crippen LogP contribution in [0, 0.1) is 13.8 Å². The average Bonchev–Trinajstić information content (AvgIpc) is 3.12. The number of aromatic amines is 1. The maximum absolute atomic E-state index is 12.6. The zero-order valence-corrected chi connectivity index (χ0v) is 14.2. The van der Waals surface area contributed by atoms with E-state index in [-0.39, 0.29) is 5.91 Å². The van der Waals surface area contributed by atoms with Gasteiger partial charge in [-0.15, -0.1) is 0 Å². The second-order valence-electron chi connectivity index (χ2n) is 6.50. The molecule has 3 heterocycles. The molecule has 0 aliphatic carbocycles. The molecule has 0 unspecified atom stereocenters. The van der Waals surface area contributed by atoms with Crippen LogP contribution in [0.1, 0.15) is 48.0 Å². The van der Waals surface area contributed by atoms with Crippen LogP contribution in [0.4, 0.5) is 0 Å². The number of aryl methyl sites for hydroxylation is 3. The third-order valence-electron chi connectivity index (χ3n) is 4.93. The largest absolute Gasteiger partial charge is 0.342 e. The van der Waals surface area contributed by atoms with Crippen molar-refractivity contribution in [3.05, 3.63) is 35.2 Å². The van der Waals surface area contributed by atoms with Gasteiger partial charge in [0.2, 0.25) is 5.91 Å². The highest BCUT2D eigenvalue weighted by molar-refractivity contribution is 5.76. The van der Waals surface area contributed by atoms with Crippen molar-refractivity contribution in [2.45, 2.75) is 45.4 Å². The number of rotatable bonds is 4. The Labute approximate surface area is 136 Å². The summed E-state index contributed by atoms with van der Waals surface area (Å²) in [6.07, 6.45) is 7.19. The van der Waals surface area contributed by atoms with Gasteiger partial charge in [-0.2, -0.15) is 5.10 Å². The highest BCUT2D eigenvalue weighted by Crippen LogP contribution is 2.26. The molecule has 1 amide bonds. The number of hydrogen-bond acceptors (Lipinski definition) is 3. The molecule has 1 atom stereocenters. The van der Waals surface area contributed by atoms with Crippen molar-refractivity contribution in [3.63, 3.8) is 0 Å². The first-order valence-corrected chi connectivity index (χ1v) is 8.31. The molecule has 0 saturated carbocycles. The molecule has 2 aromatic rings. The van der Waals surface area contributed by atoms with Crippen molar-refractivity contribution in [3.8, 4) is 0 Å². The molecule has 1 saturated heterocycles. The van der Waals surface area contributed by atoms with Crippen molar-refractivity contribution >= 4 is 5.91 Å². The number of imidazole rings is 1. The van der Waals surface area contributed by atoms with Crippen LogP contribution in [-0.2, 0) is 18.3 Å². The molecule has 0 bridgehead atoms. The van der Waals surface area contributed by atoms with Crippen molar-refractivity contribution < 1.29 is 4.79 Å². The molecular weight excluding hydrogens is 290 g/mol. The predicted molar refractivity (Wildman–Crippen MR) is 88.1 cm³/mol. The second kappa shape index (κ2) is 6.56. The van der Waals surface area contributed by atoms with Crippen LogP contribution in [0.25, 0.3) is 0 Å². The molecular formula is C17H25N5O. The van der Waals surface area contributed by atoms with E-state index in [9.17, 15) is 4.79 Å². The lowest BCUT2D eigenvalue weighted by atomic mass is 9.96. The number of likely N-dealkylation sites (tertiary alicyclic amines) is 1. The minimum Gasteiger partial charge on any atom is -0.342 e. The van der Waals surface area contributed by atoms with Crippen LogP contribution in [0.15, 0.2) is 12.4 Å². The molecule has 2 aromatic heterocycles. The first-order valence-electron chi connectivity index (χ1n) is 8.31. The number of piperidine rings is 1. The van der Waals surface area contributed by atoms with Gasteiger partial charge in [0.15, 0.2) is 0 Å². The summed E-state index contributed by atoms with van der Waals surface area (Å²) < 4.78 is 2.06. The summed E-state index contributed by atoms with van der Waals surface area (Å²) in [6, 6.07) is 0. The van der Waals surface area contributed by atoms with Gasteiger partial charge >= 0.3 is 0 Å². The van der Waals surface area contributed by atoms with Crippen LogP contribution in [-0.4, -0.2) is 43.6 Å². The second-order valence-corrected chi connectivity index (χ2v) is 6.50. The molecule has 1 aliphatic heterocycles. The van der Waals surface area contributed by atoms with E-state index in [1.165, 1.54) is 5.56 Å². The summed E-state index contributed by atoms with van der Waals surface area (Å²) in [7, 11) is 2.02. The van der Waals surface area contributed by atoms with Crippen LogP contribution in [0.2, 0.25) is 0 Å². The van der Waals surface area contributed by atoms with E-state index in [0.29, 0.717) is 18.8 Å². The summed E-state index contributed by atoms with van der Waals surface area (Å²) in [5.74, 6) is 1.66. The molecule has 6 nitrogen and oxygen atoms in total. The highest BCUT2D eigenvalue weighted by atomic mass is 16.2. The van der Waals surface area contributed by atoms with Gasteiger partial charge in [-0.05, 0) is 32.3 Å². The van der Waals surface area contributed by atoms with Gasteiger partial charge in [-0.25, -0.2) is 4.98 Å². The van der Waals surface area contributed by atoms with E-state index in [4.69, 9.17) is 0 Å². The Kier molecular flexibility index (Phi) is 4.50. The molecule has 6 heteroatoms. The summed E-state index contributed by atoms with van der Waals surface area (Å²) in [4.78, 5) is 19.0. The standard InChI is InChI=1S/C17H25N5O/c1-12-13(2)19-20-15(12)6-7-16(23)22-9-4-5-14(11-22)17-18-8-10-21(17)3/h8,10,14H,4-7,9,11H2,1-3H3,(H,19,20)/t14-/m1/s1. The summed E-state index contributed by atoms with van der Waals surface area (Å²) in [5.41, 5.74) is 3.26. The van der Waals surface area contributed by atoms with E-state index in [1.54, 1.807) is 0 Å². The lowest BCUT2D eigenvalue weighted by Crippen LogP contribution is -2.39. The molecule has 0 radical (unpaired) electrons. The molecule has 1 aliphatic rings. The molecule has 0 aromatic carbocycles.